The molecule has 1 N–H and O–H groups in total. The molecule has 142 valence electrons. The minimum absolute atomic E-state index is 0.0795. The van der Waals surface area contributed by atoms with E-state index in [0.717, 1.165) is 43.4 Å². The molecule has 7 heteroatoms. The van der Waals surface area contributed by atoms with Crippen molar-refractivity contribution < 1.29 is 4.79 Å². The third kappa shape index (κ3) is 2.75. The molecule has 0 saturated heterocycles. The molecule has 4 aliphatic rings. The van der Waals surface area contributed by atoms with Gasteiger partial charge in [-0.15, -0.1) is 5.10 Å². The van der Waals surface area contributed by atoms with Crippen molar-refractivity contribution in [2.45, 2.75) is 51.0 Å². The lowest BCUT2D eigenvalue weighted by molar-refractivity contribution is -0.150. The number of anilines is 1. The summed E-state index contributed by atoms with van der Waals surface area (Å²) in [6.45, 7) is 1.95. The summed E-state index contributed by atoms with van der Waals surface area (Å²) >= 11 is 9.62. The number of rotatable bonds is 3. The SMILES string of the molecule is Cc1c(Cl)cccc1NC(=O)C12CC3CC(C1)CC(n1cnc(Br)n1)(C3)C2. The van der Waals surface area contributed by atoms with Gasteiger partial charge in [-0.05, 0) is 90.9 Å². The molecule has 0 radical (unpaired) electrons. The van der Waals surface area contributed by atoms with E-state index >= 15 is 0 Å². The van der Waals surface area contributed by atoms with Crippen LogP contribution in [0.3, 0.4) is 0 Å². The van der Waals surface area contributed by atoms with E-state index in [1.54, 1.807) is 0 Å². The number of nitrogens with one attached hydrogen (secondary N) is 1. The van der Waals surface area contributed by atoms with Crippen LogP contribution in [0.2, 0.25) is 5.02 Å². The molecule has 4 saturated carbocycles. The van der Waals surface area contributed by atoms with Crippen LogP contribution in [0.15, 0.2) is 29.3 Å². The van der Waals surface area contributed by atoms with Gasteiger partial charge in [0.05, 0.1) is 11.0 Å². The van der Waals surface area contributed by atoms with E-state index in [2.05, 4.69) is 31.3 Å². The molecule has 6 rings (SSSR count). The van der Waals surface area contributed by atoms with Crippen LogP contribution in [0.25, 0.3) is 0 Å². The Hall–Kier alpha value is -1.40. The van der Waals surface area contributed by atoms with Crippen LogP contribution < -0.4 is 5.32 Å². The van der Waals surface area contributed by atoms with Crippen LogP contribution in [0, 0.1) is 24.2 Å². The van der Waals surface area contributed by atoms with E-state index < -0.39 is 0 Å². The Labute approximate surface area is 172 Å². The van der Waals surface area contributed by atoms with Gasteiger partial charge in [0.1, 0.15) is 6.33 Å². The molecule has 5 nitrogen and oxygen atoms in total. The lowest BCUT2D eigenvalue weighted by Gasteiger charge is -2.60. The number of halogens is 2. The van der Waals surface area contributed by atoms with Gasteiger partial charge in [-0.3, -0.25) is 4.79 Å². The molecule has 0 aliphatic heterocycles. The first-order valence-electron chi connectivity index (χ1n) is 9.53. The summed E-state index contributed by atoms with van der Waals surface area (Å²) in [5.74, 6) is 1.31. The second-order valence-corrected chi connectivity index (χ2v) is 9.91. The summed E-state index contributed by atoms with van der Waals surface area (Å²) in [6.07, 6.45) is 8.06. The quantitative estimate of drug-likeness (QED) is 0.722. The van der Waals surface area contributed by atoms with Crippen LogP contribution in [0.5, 0.6) is 0 Å². The minimum atomic E-state index is -0.322. The molecule has 1 aromatic carbocycles. The maximum absolute atomic E-state index is 13.5. The van der Waals surface area contributed by atoms with Crippen LogP contribution in [0.1, 0.15) is 44.1 Å². The number of hydrogen-bond acceptors (Lipinski definition) is 3. The molecule has 4 fully saturated rings. The lowest BCUT2D eigenvalue weighted by Crippen LogP contribution is -2.60. The number of carbonyl (C=O) groups is 1. The highest BCUT2D eigenvalue weighted by molar-refractivity contribution is 9.10. The van der Waals surface area contributed by atoms with Crippen molar-refractivity contribution in [3.05, 3.63) is 39.8 Å². The number of amides is 1. The molecule has 4 aliphatic carbocycles. The number of carbonyl (C=O) groups excluding carboxylic acids is 1. The Morgan fingerprint density at radius 3 is 2.70 bits per heavy atom. The second-order valence-electron chi connectivity index (χ2n) is 8.79. The van der Waals surface area contributed by atoms with Gasteiger partial charge in [0.2, 0.25) is 10.6 Å². The smallest absolute Gasteiger partial charge is 0.230 e. The molecule has 1 aromatic heterocycles. The fraction of sp³-hybridized carbons (Fsp3) is 0.550. The zero-order chi connectivity index (χ0) is 18.8. The number of hydrogen-bond donors (Lipinski definition) is 1. The van der Waals surface area contributed by atoms with Crippen molar-refractivity contribution in [2.24, 2.45) is 17.3 Å². The van der Waals surface area contributed by atoms with Gasteiger partial charge in [-0.1, -0.05) is 17.7 Å². The predicted octanol–water partition coefficient (Wildman–Crippen LogP) is 4.94. The summed E-state index contributed by atoms with van der Waals surface area (Å²) in [4.78, 5) is 17.8. The van der Waals surface area contributed by atoms with Crippen LogP contribution >= 0.6 is 27.5 Å². The number of aromatic nitrogens is 3. The Morgan fingerprint density at radius 1 is 1.30 bits per heavy atom. The van der Waals surface area contributed by atoms with Gasteiger partial charge >= 0.3 is 0 Å². The standard InChI is InChI=1S/C20H22BrClN4O/c1-12-15(22)3-2-4-16(12)24-17(27)19-6-13-5-14(7-19)9-20(8-13,10-19)26-11-23-18(21)25-26/h2-4,11,13-14H,5-10H2,1H3,(H,24,27). The lowest BCUT2D eigenvalue weighted by atomic mass is 9.46. The maximum atomic E-state index is 13.5. The van der Waals surface area contributed by atoms with E-state index in [9.17, 15) is 4.79 Å². The van der Waals surface area contributed by atoms with E-state index in [1.807, 2.05) is 36.1 Å². The monoisotopic (exact) mass is 448 g/mol. The van der Waals surface area contributed by atoms with Gasteiger partial charge in [0, 0.05) is 10.7 Å². The summed E-state index contributed by atoms with van der Waals surface area (Å²) < 4.78 is 2.65. The molecule has 0 spiro atoms. The van der Waals surface area contributed by atoms with Crippen molar-refractivity contribution in [3.63, 3.8) is 0 Å². The highest BCUT2D eigenvalue weighted by Gasteiger charge is 2.61. The average Bonchev–Trinajstić information content (AvgIpc) is 3.05. The topological polar surface area (TPSA) is 59.8 Å². The molecular formula is C20H22BrClN4O. The molecule has 1 heterocycles. The van der Waals surface area contributed by atoms with Gasteiger partial charge in [-0.2, -0.15) is 0 Å². The largest absolute Gasteiger partial charge is 0.325 e. The first kappa shape index (κ1) is 17.7. The van der Waals surface area contributed by atoms with E-state index in [4.69, 9.17) is 11.6 Å². The maximum Gasteiger partial charge on any atom is 0.230 e. The van der Waals surface area contributed by atoms with Crippen LogP contribution in [-0.2, 0) is 10.3 Å². The van der Waals surface area contributed by atoms with Gasteiger partial charge in [-0.25, -0.2) is 9.67 Å². The second kappa shape index (κ2) is 6.05. The minimum Gasteiger partial charge on any atom is -0.325 e. The number of benzene rings is 1. The van der Waals surface area contributed by atoms with Gasteiger partial charge in [0.25, 0.3) is 0 Å². The zero-order valence-electron chi connectivity index (χ0n) is 15.2. The van der Waals surface area contributed by atoms with Crippen molar-refractivity contribution in [1.82, 2.24) is 14.8 Å². The summed E-state index contributed by atoms with van der Waals surface area (Å²) in [6, 6.07) is 5.68. The Kier molecular flexibility index (Phi) is 3.96. The molecular weight excluding hydrogens is 428 g/mol. The van der Waals surface area contributed by atoms with Crippen LogP contribution in [-0.4, -0.2) is 20.7 Å². The first-order chi connectivity index (χ1) is 12.9. The van der Waals surface area contributed by atoms with Gasteiger partial charge < -0.3 is 5.32 Å². The highest BCUT2D eigenvalue weighted by atomic mass is 79.9. The molecule has 1 amide bonds. The summed E-state index contributed by atoms with van der Waals surface area (Å²) in [5, 5.41) is 8.46. The average molecular weight is 450 g/mol. The first-order valence-corrected chi connectivity index (χ1v) is 10.7. The summed E-state index contributed by atoms with van der Waals surface area (Å²) in [5.41, 5.74) is 1.34. The summed E-state index contributed by atoms with van der Waals surface area (Å²) in [7, 11) is 0. The van der Waals surface area contributed by atoms with Crippen molar-refractivity contribution in [2.75, 3.05) is 5.32 Å². The third-order valence-corrected chi connectivity index (χ3v) is 7.75. The van der Waals surface area contributed by atoms with E-state index in [0.29, 0.717) is 21.6 Å². The molecule has 2 aromatic rings. The van der Waals surface area contributed by atoms with Crippen molar-refractivity contribution in [3.8, 4) is 0 Å². The Balaban J connectivity index is 1.48. The predicted molar refractivity (Wildman–Crippen MR) is 108 cm³/mol. The van der Waals surface area contributed by atoms with Crippen molar-refractivity contribution >= 4 is 39.1 Å². The van der Waals surface area contributed by atoms with E-state index in [-0.39, 0.29) is 16.9 Å². The van der Waals surface area contributed by atoms with Gasteiger partial charge in [0.15, 0.2) is 0 Å². The fourth-order valence-electron chi connectivity index (χ4n) is 6.22. The third-order valence-electron chi connectivity index (χ3n) is 6.98. The molecule has 2 atom stereocenters. The zero-order valence-corrected chi connectivity index (χ0v) is 17.6. The molecule has 4 bridgehead atoms. The van der Waals surface area contributed by atoms with E-state index in [1.165, 1.54) is 6.42 Å². The molecule has 27 heavy (non-hydrogen) atoms. The highest BCUT2D eigenvalue weighted by Crippen LogP contribution is 2.64. The molecule has 2 unspecified atom stereocenters. The van der Waals surface area contributed by atoms with Crippen molar-refractivity contribution in [1.29, 1.82) is 0 Å². The fourth-order valence-corrected chi connectivity index (χ4v) is 6.65. The Bertz CT molecular complexity index is 912. The normalized spacial score (nSPS) is 34.0. The number of nitrogens with zero attached hydrogens (tertiary/aromatic N) is 3. The Morgan fingerprint density at radius 2 is 2.04 bits per heavy atom. The van der Waals surface area contributed by atoms with Crippen LogP contribution in [0.4, 0.5) is 5.69 Å².